The van der Waals surface area contributed by atoms with Crippen LogP contribution in [-0.2, 0) is 100 Å². The topological polar surface area (TPSA) is 537 Å². The summed E-state index contributed by atoms with van der Waals surface area (Å²) in [6.07, 6.45) is 8.90. The molecule has 6 aliphatic rings. The zero-order valence-corrected chi connectivity index (χ0v) is 87.9. The number of hydrogen-bond acceptors (Lipinski definition) is 20. The summed E-state index contributed by atoms with van der Waals surface area (Å²) in [5.74, 6) is -8.50. The predicted octanol–water partition coefficient (Wildman–Crippen LogP) is 17.2. The number of nitrogens with zero attached hydrogens (tertiary/aromatic N) is 5. The molecule has 6 aliphatic carbocycles. The molecule has 0 amide bonds. The molecular formula is C115H133N15O20. The second-order valence-electron chi connectivity index (χ2n) is 43.0. The van der Waals surface area contributed by atoms with Crippen molar-refractivity contribution >= 4 is 84.4 Å². The van der Waals surface area contributed by atoms with Crippen LogP contribution >= 0.6 is 0 Å². The van der Waals surface area contributed by atoms with Crippen molar-refractivity contribution in [2.24, 2.45) is 35.2 Å². The van der Waals surface area contributed by atoms with Crippen LogP contribution in [0.2, 0.25) is 0 Å². The van der Waals surface area contributed by atoms with E-state index in [4.69, 9.17) is 0 Å². The van der Waals surface area contributed by atoms with Crippen molar-refractivity contribution in [3.8, 4) is 85.0 Å². The lowest BCUT2D eigenvalue weighted by atomic mass is 9.92. The maximum absolute atomic E-state index is 12.5. The third-order valence-corrected chi connectivity index (χ3v) is 31.5. The number of aromatic nitrogens is 10. The Labute approximate surface area is 863 Å². The van der Waals surface area contributed by atoms with E-state index in [9.17, 15) is 99.0 Å². The highest BCUT2D eigenvalue weighted by Gasteiger charge is 2.39. The molecule has 20 N–H and O–H groups in total. The molecule has 5 unspecified atom stereocenters. The van der Waals surface area contributed by atoms with Crippen molar-refractivity contribution in [3.63, 3.8) is 0 Å². The highest BCUT2D eigenvalue weighted by molar-refractivity contribution is 6.00. The standard InChI is InChI=1S/C24H27N3O4.C24H29N3O4.C23H27N3O4.2C22H25N3O4/c1-12-4-5-15-20(26-22(29)19(21(15)28)23(30)31)17-9-13-8-14(11-25-24(2)6-7-24)27(3)18(13)10-16(12)17;1-12-6-7-15-20(26-22(29)19(21(15)28)23(30)31)17-9-13-8-14(11-25-24(2,3)4)27(5)18(13)10-16(12)17;1-11(2)24-10-14-7-13-8-17-16(9-18(13)26(14)4)12(3)5-6-15-20(17)25-22(28)19(21(15)27)23(29)30;1-4-23-10-13-7-12-8-16-15(9-17(12)25(13)3)11(2)5-6-14-19(16)24-21(27)18(20(14)26)22(28)29;1-4-23-10-14-7-13-8-15-12(9-16(13)25(14)3)6-5-11(2)17-19(15)24-21(27)18(20(17)26)22(28)29/h8-10,12,25H,4-7,11H2,1-3H3,(H,30,31)(H2,26,28,29);8-10,12,25H,6-7,11H2,1-5H3,(H,30,31)(H2,26,28,29);7-9,11-12,24H,5-6,10H2,1-4H3,(H,29,30)(H2,25,27,28);2*7-9,11,23H,4-6,10H2,1-3H3,(H,28,29)(H2,24,26,27). The molecule has 5 aromatic carbocycles. The molecule has 5 atom stereocenters. The first-order valence-corrected chi connectivity index (χ1v) is 51.4. The summed E-state index contributed by atoms with van der Waals surface area (Å²) in [7, 11) is 10.3. The average Bonchev–Trinajstić information content (AvgIpc) is 1.58. The molecule has 10 aromatic heterocycles. The van der Waals surface area contributed by atoms with Crippen molar-refractivity contribution in [3.05, 3.63) is 255 Å². The number of fused-ring (bicyclic) bond motifs is 20. The van der Waals surface area contributed by atoms with Crippen LogP contribution in [0.1, 0.15) is 300 Å². The summed E-state index contributed by atoms with van der Waals surface area (Å²) in [5, 5.41) is 122. The van der Waals surface area contributed by atoms with Gasteiger partial charge in [-0.25, -0.2) is 24.0 Å². The van der Waals surface area contributed by atoms with Gasteiger partial charge in [-0.05, 0) is 266 Å². The number of aromatic amines is 5. The Hall–Kier alpha value is -15.3. The maximum atomic E-state index is 12.5. The summed E-state index contributed by atoms with van der Waals surface area (Å²) >= 11 is 0. The molecule has 0 bridgehead atoms. The van der Waals surface area contributed by atoms with E-state index < -0.39 is 114 Å². The van der Waals surface area contributed by atoms with Crippen LogP contribution in [0.25, 0.3) is 111 Å². The van der Waals surface area contributed by atoms with Gasteiger partial charge in [0.2, 0.25) is 0 Å². The second kappa shape index (κ2) is 41.3. The zero-order valence-electron chi connectivity index (χ0n) is 87.9. The second-order valence-corrected chi connectivity index (χ2v) is 43.0. The monoisotopic (exact) mass is 2040 g/mol. The van der Waals surface area contributed by atoms with Gasteiger partial charge in [-0.2, -0.15) is 0 Å². The van der Waals surface area contributed by atoms with Crippen LogP contribution in [0.3, 0.4) is 0 Å². The van der Waals surface area contributed by atoms with Gasteiger partial charge in [0.1, 0.15) is 28.7 Å². The van der Waals surface area contributed by atoms with Gasteiger partial charge in [0.05, 0.1) is 28.5 Å². The molecule has 35 nitrogen and oxygen atoms in total. The molecule has 21 rings (SSSR count). The fourth-order valence-corrected chi connectivity index (χ4v) is 22.2. The number of H-pyrrole nitrogens is 5. The van der Waals surface area contributed by atoms with Crippen molar-refractivity contribution in [2.75, 3.05) is 13.1 Å². The quantitative estimate of drug-likeness (QED) is 0.0357. The average molecular weight is 2050 g/mol. The van der Waals surface area contributed by atoms with Gasteiger partial charge >= 0.3 is 29.8 Å². The van der Waals surface area contributed by atoms with Gasteiger partial charge in [0.25, 0.3) is 27.8 Å². The van der Waals surface area contributed by atoms with Gasteiger partial charge in [0.15, 0.2) is 27.8 Å². The van der Waals surface area contributed by atoms with Crippen LogP contribution in [0.15, 0.2) is 115 Å². The van der Waals surface area contributed by atoms with E-state index >= 15 is 0 Å². The highest BCUT2D eigenvalue weighted by atomic mass is 16.4. The molecule has 150 heavy (non-hydrogen) atoms. The molecular weight excluding hydrogens is 1910 g/mol. The Balaban J connectivity index is 0.000000128. The maximum Gasteiger partial charge on any atom is 0.345 e. The lowest BCUT2D eigenvalue weighted by Crippen LogP contribution is -2.35. The minimum atomic E-state index is -1.42. The van der Waals surface area contributed by atoms with Gasteiger partial charge in [0, 0.05) is 224 Å². The Morgan fingerprint density at radius 1 is 0.360 bits per heavy atom. The van der Waals surface area contributed by atoms with E-state index in [1.54, 1.807) is 0 Å². The minimum Gasteiger partial charge on any atom is -0.506 e. The van der Waals surface area contributed by atoms with Gasteiger partial charge in [-0.3, -0.25) is 24.0 Å². The molecule has 15 aromatic rings. The lowest BCUT2D eigenvalue weighted by molar-refractivity contribution is 0.0680. The summed E-state index contributed by atoms with van der Waals surface area (Å²) in [6.45, 7) is 33.0. The fourth-order valence-electron chi connectivity index (χ4n) is 22.2. The molecule has 0 saturated heterocycles. The SMILES string of the molecule is CC(C)NCc1cc2cc3c(cc2n1C)C(C)CCc1c-3[nH]c(=O)c(C(=O)O)c1O.CC1CCc2c([nH]c(=O)c(C(=O)O)c2O)-c2cc3cc(CNC(C)(C)C)n(C)c3cc21.CC1CCc2c([nH]c(=O)c(C(=O)O)c2O)-c2cc3cc(CNC4(C)CC4)n(C)c3cc21.CCNCc1cc2cc3c(cc2n1C)C(C)CCc1c-3[nH]c(=O)c(C(=O)O)c1O.CCNCc1cc2cc3c(cc2n1C)CCC(C)c1c-3[nH]c(=O)c(C(=O)O)c1O. The molecule has 0 spiro atoms. The highest BCUT2D eigenvalue weighted by Crippen LogP contribution is 2.50. The molecule has 1 fully saturated rings. The van der Waals surface area contributed by atoms with Crippen LogP contribution < -0.4 is 54.4 Å². The van der Waals surface area contributed by atoms with Crippen LogP contribution in [0.5, 0.6) is 28.7 Å². The van der Waals surface area contributed by atoms with Gasteiger partial charge in [-0.1, -0.05) is 62.3 Å². The first kappa shape index (κ1) is 106. The van der Waals surface area contributed by atoms with Crippen LogP contribution in [0, 0.1) is 0 Å². The van der Waals surface area contributed by atoms with E-state index in [1.165, 1.54) is 18.5 Å². The Bertz CT molecular complexity index is 8210. The number of aromatic carboxylic acids is 5. The van der Waals surface area contributed by atoms with Crippen LogP contribution in [0.4, 0.5) is 0 Å². The number of nitrogens with one attached hydrogen (secondary N) is 10. The number of aromatic hydroxyl groups is 5. The molecule has 788 valence electrons. The third kappa shape index (κ3) is 19.9. The first-order chi connectivity index (χ1) is 71.0. The third-order valence-electron chi connectivity index (χ3n) is 31.5. The normalized spacial score (nSPS) is 16.5. The van der Waals surface area contributed by atoms with Crippen molar-refractivity contribution in [1.82, 2.24) is 74.3 Å². The predicted molar refractivity (Wildman–Crippen MR) is 579 cm³/mol. The molecule has 35 heteroatoms. The number of carbonyl (C=O) groups is 5. The van der Waals surface area contributed by atoms with E-state index in [-0.39, 0.29) is 40.7 Å². The van der Waals surface area contributed by atoms with Crippen molar-refractivity contribution in [1.29, 1.82) is 0 Å². The molecule has 1 saturated carbocycles. The number of hydrogen-bond donors (Lipinski definition) is 20. The summed E-state index contributed by atoms with van der Waals surface area (Å²) in [5.41, 5.74) is 19.6. The van der Waals surface area contributed by atoms with Gasteiger partial charge < -0.3 is 125 Å². The van der Waals surface area contributed by atoms with Crippen molar-refractivity contribution in [2.45, 2.75) is 246 Å². The number of carboxylic acids is 5. The van der Waals surface area contributed by atoms with Gasteiger partial charge in [-0.15, -0.1) is 0 Å². The number of pyridine rings is 5. The minimum absolute atomic E-state index is 0.0000738. The van der Waals surface area contributed by atoms with Crippen LogP contribution in [-0.4, -0.2) is 159 Å². The first-order valence-electron chi connectivity index (χ1n) is 51.4. The Kier molecular flexibility index (Phi) is 29.2. The molecule has 0 radical (unpaired) electrons. The smallest absolute Gasteiger partial charge is 0.345 e. The van der Waals surface area contributed by atoms with Crippen molar-refractivity contribution < 1.29 is 75.0 Å². The number of carboxylic acid groups (broad SMARTS) is 5. The number of aryl methyl sites for hydroxylation is 6. The fraction of sp³-hybridized carbons (Fsp3) is 0.391. The molecule has 0 aliphatic heterocycles. The summed E-state index contributed by atoms with van der Waals surface area (Å²) in [6, 6.07) is 32.0. The van der Waals surface area contributed by atoms with E-state index in [1.807, 2.05) is 52.3 Å². The largest absolute Gasteiger partial charge is 0.506 e. The number of benzene rings is 5. The molecule has 10 heterocycles. The van der Waals surface area contributed by atoms with E-state index in [2.05, 4.69) is 238 Å². The number of rotatable bonds is 19. The van der Waals surface area contributed by atoms with E-state index in [0.717, 1.165) is 217 Å². The lowest BCUT2D eigenvalue weighted by Gasteiger charge is -2.20. The summed E-state index contributed by atoms with van der Waals surface area (Å²) in [4.78, 5) is 133. The summed E-state index contributed by atoms with van der Waals surface area (Å²) < 4.78 is 10.9. The zero-order chi connectivity index (χ0) is 108. The Morgan fingerprint density at radius 2 is 0.627 bits per heavy atom. The van der Waals surface area contributed by atoms with E-state index in [0.29, 0.717) is 88.0 Å². The Morgan fingerprint density at radius 3 is 0.913 bits per heavy atom.